The second-order valence-corrected chi connectivity index (χ2v) is 8.77. The predicted octanol–water partition coefficient (Wildman–Crippen LogP) is 5.43. The van der Waals surface area contributed by atoms with Gasteiger partial charge in [-0.3, -0.25) is 0 Å². The van der Waals surface area contributed by atoms with Gasteiger partial charge < -0.3 is 19.3 Å². The van der Waals surface area contributed by atoms with Crippen LogP contribution in [0.25, 0.3) is 0 Å². The third kappa shape index (κ3) is 4.88. The van der Waals surface area contributed by atoms with Crippen molar-refractivity contribution in [1.82, 2.24) is 15.1 Å². The third-order valence-corrected chi connectivity index (χ3v) is 6.20. The van der Waals surface area contributed by atoms with Crippen molar-refractivity contribution in [1.29, 1.82) is 0 Å². The summed E-state index contributed by atoms with van der Waals surface area (Å²) in [6.45, 7) is 4.56. The molecular weight excluding hydrogens is 440 g/mol. The van der Waals surface area contributed by atoms with E-state index in [0.29, 0.717) is 19.0 Å². The number of hydrogen-bond acceptors (Lipinski definition) is 6. The molecule has 1 aliphatic heterocycles. The number of piperazine rings is 1. The van der Waals surface area contributed by atoms with E-state index in [9.17, 15) is 4.79 Å². The summed E-state index contributed by atoms with van der Waals surface area (Å²) in [7, 11) is 0. The molecule has 0 bridgehead atoms. The molecule has 7 nitrogen and oxygen atoms in total. The van der Waals surface area contributed by atoms with E-state index in [0.717, 1.165) is 48.5 Å². The first kappa shape index (κ1) is 21.5. The maximum Gasteiger partial charge on any atom is 0.415 e. The molecule has 2 fully saturated rings. The van der Waals surface area contributed by atoms with Crippen LogP contribution in [0.15, 0.2) is 54.6 Å². The van der Waals surface area contributed by atoms with Crippen molar-refractivity contribution >= 4 is 23.4 Å². The van der Waals surface area contributed by atoms with E-state index in [4.69, 9.17) is 21.1 Å². The van der Waals surface area contributed by atoms with Gasteiger partial charge in [0.25, 0.3) is 5.88 Å². The Kier molecular flexibility index (Phi) is 6.05. The number of benzene rings is 2. The minimum atomic E-state index is -0.455. The van der Waals surface area contributed by atoms with E-state index in [2.05, 4.69) is 33.3 Å². The number of aromatic nitrogens is 2. The zero-order valence-corrected chi connectivity index (χ0v) is 19.2. The molecule has 0 N–H and O–H groups in total. The van der Waals surface area contributed by atoms with E-state index < -0.39 is 6.09 Å². The van der Waals surface area contributed by atoms with E-state index >= 15 is 0 Å². The van der Waals surface area contributed by atoms with Gasteiger partial charge in [0.1, 0.15) is 5.75 Å². The quantitative estimate of drug-likeness (QED) is 0.501. The van der Waals surface area contributed by atoms with Gasteiger partial charge in [-0.05, 0) is 48.9 Å². The summed E-state index contributed by atoms with van der Waals surface area (Å²) in [6.07, 6.45) is 1.83. The summed E-state index contributed by atoms with van der Waals surface area (Å²) < 4.78 is 11.8. The Balaban J connectivity index is 1.30. The number of aryl methyl sites for hydroxylation is 1. The van der Waals surface area contributed by atoms with Crippen LogP contribution >= 0.6 is 11.6 Å². The molecule has 33 heavy (non-hydrogen) atoms. The van der Waals surface area contributed by atoms with Gasteiger partial charge in [0.2, 0.25) is 0 Å². The number of nitrogens with zero attached hydrogens (tertiary/aromatic N) is 4. The van der Waals surface area contributed by atoms with Gasteiger partial charge >= 0.3 is 6.09 Å². The lowest BCUT2D eigenvalue weighted by molar-refractivity contribution is 0.147. The third-order valence-electron chi connectivity index (χ3n) is 6.01. The summed E-state index contributed by atoms with van der Waals surface area (Å²) in [5, 5.41) is 8.11. The molecule has 5 rings (SSSR count). The van der Waals surface area contributed by atoms with Crippen molar-refractivity contribution < 1.29 is 14.3 Å². The fourth-order valence-corrected chi connectivity index (χ4v) is 4.19. The average molecular weight is 465 g/mol. The normalized spacial score (nSPS) is 15.9. The van der Waals surface area contributed by atoms with Crippen LogP contribution in [0, 0.1) is 6.92 Å². The summed E-state index contributed by atoms with van der Waals surface area (Å²) in [6, 6.07) is 17.7. The Morgan fingerprint density at radius 3 is 2.48 bits per heavy atom. The number of hydrogen-bond donors (Lipinski definition) is 0. The van der Waals surface area contributed by atoms with E-state index in [1.165, 1.54) is 6.07 Å². The van der Waals surface area contributed by atoms with Crippen LogP contribution < -0.4 is 14.4 Å². The lowest BCUT2D eigenvalue weighted by Gasteiger charge is -2.35. The maximum absolute atomic E-state index is 12.9. The zero-order valence-electron chi connectivity index (χ0n) is 18.4. The second-order valence-electron chi connectivity index (χ2n) is 8.38. The minimum absolute atomic E-state index is 0.131. The lowest BCUT2D eigenvalue weighted by Crippen LogP contribution is -2.49. The smallest absolute Gasteiger partial charge is 0.415 e. The molecule has 1 saturated carbocycles. The first-order valence-corrected chi connectivity index (χ1v) is 11.5. The molecule has 1 aliphatic carbocycles. The summed E-state index contributed by atoms with van der Waals surface area (Å²) >= 11 is 6.06. The van der Waals surface area contributed by atoms with Crippen molar-refractivity contribution in [3.8, 4) is 17.4 Å². The van der Waals surface area contributed by atoms with E-state index in [-0.39, 0.29) is 16.8 Å². The molecule has 0 unspecified atom stereocenters. The van der Waals surface area contributed by atoms with Gasteiger partial charge in [0.05, 0.1) is 0 Å². The van der Waals surface area contributed by atoms with Gasteiger partial charge in [-0.2, -0.15) is 0 Å². The van der Waals surface area contributed by atoms with Gasteiger partial charge in [0.15, 0.2) is 10.9 Å². The molecule has 0 radical (unpaired) electrons. The largest absolute Gasteiger partial charge is 0.434 e. The average Bonchev–Trinajstić information content (AvgIpc) is 3.68. The molecule has 2 heterocycles. The molecule has 8 heteroatoms. The highest BCUT2D eigenvalue weighted by atomic mass is 35.5. The van der Waals surface area contributed by atoms with Crippen molar-refractivity contribution in [3.05, 3.63) is 70.9 Å². The second kappa shape index (κ2) is 9.27. The Hall–Kier alpha value is -3.32. The molecule has 0 atom stereocenters. The molecular formula is C25H25ClN4O3. The van der Waals surface area contributed by atoms with Crippen LogP contribution in [0.2, 0.25) is 5.15 Å². The first-order chi connectivity index (χ1) is 16.1. The summed E-state index contributed by atoms with van der Waals surface area (Å²) in [5.41, 5.74) is 3.28. The molecule has 1 aromatic heterocycles. The Bertz CT molecular complexity index is 1150. The molecule has 2 aliphatic rings. The van der Waals surface area contributed by atoms with Crippen LogP contribution in [0.3, 0.4) is 0 Å². The highest BCUT2D eigenvalue weighted by Gasteiger charge is 2.29. The molecule has 170 valence electrons. The first-order valence-electron chi connectivity index (χ1n) is 11.2. The standard InChI is InChI=1S/C25H25ClN4O3/c1-17-6-5-9-20(18-10-11-18)23(17)33-24-21(16-22(26)27-28-24)32-25(31)30-14-12-29(13-15-30)19-7-3-2-4-8-19/h2-9,16,18H,10-15H2,1H3. The number of carbonyl (C=O) groups excluding carboxylic acids is 1. The Morgan fingerprint density at radius 1 is 1.00 bits per heavy atom. The van der Waals surface area contributed by atoms with Gasteiger partial charge in [-0.1, -0.05) is 48.0 Å². The molecule has 3 aromatic rings. The number of rotatable bonds is 5. The van der Waals surface area contributed by atoms with Crippen LogP contribution in [0.5, 0.6) is 17.4 Å². The van der Waals surface area contributed by atoms with Gasteiger partial charge in [-0.15, -0.1) is 10.2 Å². The van der Waals surface area contributed by atoms with Crippen molar-refractivity contribution in [2.45, 2.75) is 25.7 Å². The van der Waals surface area contributed by atoms with E-state index in [1.807, 2.05) is 37.3 Å². The fourth-order valence-electron chi connectivity index (χ4n) is 4.06. The molecule has 0 spiro atoms. The fraction of sp³-hybridized carbons (Fsp3) is 0.320. The van der Waals surface area contributed by atoms with Crippen LogP contribution in [0.4, 0.5) is 10.5 Å². The topological polar surface area (TPSA) is 67.8 Å². The number of halogens is 1. The van der Waals surface area contributed by atoms with E-state index in [1.54, 1.807) is 4.90 Å². The van der Waals surface area contributed by atoms with Crippen LogP contribution in [0.1, 0.15) is 29.9 Å². The monoisotopic (exact) mass is 464 g/mol. The maximum atomic E-state index is 12.9. The van der Waals surface area contributed by atoms with Crippen molar-refractivity contribution in [2.24, 2.45) is 0 Å². The Labute approximate surface area is 197 Å². The number of para-hydroxylation sites is 2. The molecule has 2 aromatic carbocycles. The molecule has 1 amide bonds. The predicted molar refractivity (Wildman–Crippen MR) is 127 cm³/mol. The van der Waals surface area contributed by atoms with Gasteiger partial charge in [0, 0.05) is 37.9 Å². The zero-order chi connectivity index (χ0) is 22.8. The highest BCUT2D eigenvalue weighted by molar-refractivity contribution is 6.29. The van der Waals surface area contributed by atoms with Crippen LogP contribution in [-0.2, 0) is 0 Å². The SMILES string of the molecule is Cc1cccc(C2CC2)c1Oc1nnc(Cl)cc1OC(=O)N1CCN(c2ccccc2)CC1. The summed E-state index contributed by atoms with van der Waals surface area (Å²) in [4.78, 5) is 16.8. The van der Waals surface area contributed by atoms with Crippen LogP contribution in [-0.4, -0.2) is 47.4 Å². The highest BCUT2D eigenvalue weighted by Crippen LogP contribution is 2.46. The Morgan fingerprint density at radius 2 is 1.76 bits per heavy atom. The van der Waals surface area contributed by atoms with Crippen molar-refractivity contribution in [2.75, 3.05) is 31.1 Å². The number of ether oxygens (including phenoxy) is 2. The number of amides is 1. The lowest BCUT2D eigenvalue weighted by atomic mass is 10.1. The molecule has 1 saturated heterocycles. The minimum Gasteiger partial charge on any atom is -0.434 e. The number of carbonyl (C=O) groups is 1. The number of anilines is 1. The van der Waals surface area contributed by atoms with Crippen molar-refractivity contribution in [3.63, 3.8) is 0 Å². The van der Waals surface area contributed by atoms with Gasteiger partial charge in [-0.25, -0.2) is 4.79 Å². The summed E-state index contributed by atoms with van der Waals surface area (Å²) in [5.74, 6) is 1.53.